The van der Waals surface area contributed by atoms with Gasteiger partial charge in [0.05, 0.1) is 11.8 Å². The first-order chi connectivity index (χ1) is 11.8. The molecule has 0 atom stereocenters. The third-order valence-corrected chi connectivity index (χ3v) is 4.98. The molecule has 0 aromatic carbocycles. The molecule has 3 aromatic rings. The molecule has 4 rings (SSSR count). The smallest absolute Gasteiger partial charge is 0.136 e. The summed E-state index contributed by atoms with van der Waals surface area (Å²) in [4.78, 5) is 11.2. The molecule has 0 bridgehead atoms. The minimum absolute atomic E-state index is 0.446. The number of hydrogen-bond donors (Lipinski definition) is 0. The normalized spacial score (nSPS) is 17.6. The van der Waals surface area contributed by atoms with Crippen LogP contribution >= 0.6 is 0 Å². The van der Waals surface area contributed by atoms with Gasteiger partial charge < -0.3 is 4.40 Å². The minimum Gasteiger partial charge on any atom is -0.303 e. The van der Waals surface area contributed by atoms with Gasteiger partial charge in [0.1, 0.15) is 11.1 Å². The van der Waals surface area contributed by atoms with Gasteiger partial charge in [-0.2, -0.15) is 5.26 Å². The zero-order valence-corrected chi connectivity index (χ0v) is 13.5. The highest BCUT2D eigenvalue weighted by Gasteiger charge is 2.37. The average Bonchev–Trinajstić information content (AvgIpc) is 3.13. The minimum atomic E-state index is -0.446. The summed E-state index contributed by atoms with van der Waals surface area (Å²) in [5.41, 5.74) is 2.67. The van der Waals surface area contributed by atoms with E-state index in [1.54, 1.807) is 6.20 Å². The van der Waals surface area contributed by atoms with Gasteiger partial charge in [-0.15, -0.1) is 0 Å². The second-order valence-corrected chi connectivity index (χ2v) is 6.36. The average molecular weight is 317 g/mol. The van der Waals surface area contributed by atoms with E-state index in [1.165, 1.54) is 5.69 Å². The first-order valence-electron chi connectivity index (χ1n) is 8.27. The molecule has 0 amide bonds. The van der Waals surface area contributed by atoms with Crippen LogP contribution in [-0.2, 0) is 12.0 Å². The van der Waals surface area contributed by atoms with Crippen molar-refractivity contribution >= 4 is 5.65 Å². The quantitative estimate of drug-likeness (QED) is 0.745. The molecule has 24 heavy (non-hydrogen) atoms. The number of rotatable bonds is 3. The van der Waals surface area contributed by atoms with E-state index in [4.69, 9.17) is 0 Å². The fraction of sp³-hybridized carbons (Fsp3) is 0.316. The van der Waals surface area contributed by atoms with Gasteiger partial charge in [-0.25, -0.2) is 4.98 Å². The molecule has 0 N–H and O–H groups in total. The van der Waals surface area contributed by atoms with Crippen molar-refractivity contribution < 1.29 is 0 Å². The molecule has 4 heterocycles. The Labute approximate surface area is 141 Å². The third kappa shape index (κ3) is 2.55. The Balaban J connectivity index is 1.50. The molecule has 0 unspecified atom stereocenters. The lowest BCUT2D eigenvalue weighted by atomic mass is 9.76. The van der Waals surface area contributed by atoms with E-state index < -0.39 is 5.41 Å². The van der Waals surface area contributed by atoms with Crippen molar-refractivity contribution in [3.05, 3.63) is 66.4 Å². The zero-order valence-electron chi connectivity index (χ0n) is 13.5. The summed E-state index contributed by atoms with van der Waals surface area (Å²) in [6.07, 6.45) is 7.25. The summed E-state index contributed by atoms with van der Waals surface area (Å²) in [6, 6.07) is 14.6. The van der Waals surface area contributed by atoms with Crippen molar-refractivity contribution in [2.24, 2.45) is 0 Å². The topological polar surface area (TPSA) is 57.2 Å². The highest BCUT2D eigenvalue weighted by molar-refractivity contribution is 5.39. The lowest BCUT2D eigenvalue weighted by Gasteiger charge is -2.36. The van der Waals surface area contributed by atoms with Crippen LogP contribution in [0.25, 0.3) is 5.65 Å². The molecule has 0 aliphatic carbocycles. The Kier molecular flexibility index (Phi) is 3.75. The van der Waals surface area contributed by atoms with Crippen molar-refractivity contribution in [1.29, 1.82) is 5.26 Å². The van der Waals surface area contributed by atoms with Gasteiger partial charge in [0.2, 0.25) is 0 Å². The second kappa shape index (κ2) is 6.06. The van der Waals surface area contributed by atoms with Gasteiger partial charge in [-0.05, 0) is 37.1 Å². The molecule has 1 aliphatic rings. The summed E-state index contributed by atoms with van der Waals surface area (Å²) in [6.45, 7) is 2.67. The molecule has 0 spiro atoms. The Hall–Kier alpha value is -2.71. The number of nitrogens with zero attached hydrogens (tertiary/aromatic N) is 5. The fourth-order valence-corrected chi connectivity index (χ4v) is 3.53. The number of imidazole rings is 1. The van der Waals surface area contributed by atoms with E-state index in [2.05, 4.69) is 37.5 Å². The molecular formula is C19H19N5. The number of piperidine rings is 1. The summed E-state index contributed by atoms with van der Waals surface area (Å²) in [5.74, 6) is 0. The van der Waals surface area contributed by atoms with Crippen LogP contribution in [0.3, 0.4) is 0 Å². The molecule has 1 aliphatic heterocycles. The second-order valence-electron chi connectivity index (χ2n) is 6.36. The summed E-state index contributed by atoms with van der Waals surface area (Å²) in [5, 5.41) is 9.76. The summed E-state index contributed by atoms with van der Waals surface area (Å²) >= 11 is 0. The third-order valence-electron chi connectivity index (χ3n) is 4.98. The molecule has 5 nitrogen and oxygen atoms in total. The fourth-order valence-electron chi connectivity index (χ4n) is 3.53. The van der Waals surface area contributed by atoms with Crippen molar-refractivity contribution in [3.8, 4) is 6.07 Å². The van der Waals surface area contributed by atoms with Gasteiger partial charge in [-0.3, -0.25) is 9.88 Å². The lowest BCUT2D eigenvalue weighted by molar-refractivity contribution is 0.175. The van der Waals surface area contributed by atoms with E-state index in [9.17, 15) is 5.26 Å². The molecule has 1 saturated heterocycles. The van der Waals surface area contributed by atoms with E-state index in [-0.39, 0.29) is 0 Å². The maximum atomic E-state index is 9.76. The molecule has 0 radical (unpaired) electrons. The van der Waals surface area contributed by atoms with Crippen LogP contribution in [-0.4, -0.2) is 32.4 Å². The van der Waals surface area contributed by atoms with Gasteiger partial charge >= 0.3 is 0 Å². The molecule has 0 saturated carbocycles. The van der Waals surface area contributed by atoms with E-state index in [0.717, 1.165) is 43.8 Å². The van der Waals surface area contributed by atoms with Crippen molar-refractivity contribution in [2.45, 2.75) is 24.8 Å². The molecule has 5 heteroatoms. The lowest BCUT2D eigenvalue weighted by Crippen LogP contribution is -2.42. The monoisotopic (exact) mass is 317 g/mol. The van der Waals surface area contributed by atoms with Crippen LogP contribution in [0.1, 0.15) is 24.2 Å². The maximum Gasteiger partial charge on any atom is 0.136 e. The zero-order chi connectivity index (χ0) is 16.4. The van der Waals surface area contributed by atoms with Gasteiger partial charge in [0.25, 0.3) is 0 Å². The van der Waals surface area contributed by atoms with Crippen LogP contribution in [0.2, 0.25) is 0 Å². The number of fused-ring (bicyclic) bond motifs is 1. The van der Waals surface area contributed by atoms with Crippen LogP contribution in [0.15, 0.2) is 55.0 Å². The number of pyridine rings is 2. The molecule has 120 valence electrons. The molecule has 1 fully saturated rings. The van der Waals surface area contributed by atoms with Gasteiger partial charge in [0.15, 0.2) is 0 Å². The first-order valence-corrected chi connectivity index (χ1v) is 8.27. The standard InChI is InChI=1S/C19H19N5/c20-15-19(17-5-1-2-9-21-17)7-11-23(12-8-19)14-16-4-3-6-18-22-10-13-24(16)18/h1-6,9-10,13H,7-8,11-12,14H2. The van der Waals surface area contributed by atoms with Crippen LogP contribution in [0.4, 0.5) is 0 Å². The summed E-state index contributed by atoms with van der Waals surface area (Å²) < 4.78 is 2.13. The van der Waals surface area contributed by atoms with E-state index in [0.29, 0.717) is 0 Å². The van der Waals surface area contributed by atoms with Crippen molar-refractivity contribution in [3.63, 3.8) is 0 Å². The summed E-state index contributed by atoms with van der Waals surface area (Å²) in [7, 11) is 0. The van der Waals surface area contributed by atoms with Gasteiger partial charge in [-0.1, -0.05) is 12.1 Å². The Morgan fingerprint density at radius 2 is 1.92 bits per heavy atom. The Morgan fingerprint density at radius 3 is 2.67 bits per heavy atom. The highest BCUT2D eigenvalue weighted by atomic mass is 15.2. The van der Waals surface area contributed by atoms with Crippen molar-refractivity contribution in [1.82, 2.24) is 19.3 Å². The van der Waals surface area contributed by atoms with Crippen molar-refractivity contribution in [2.75, 3.05) is 13.1 Å². The predicted molar refractivity (Wildman–Crippen MR) is 91.2 cm³/mol. The number of hydrogen-bond acceptors (Lipinski definition) is 4. The Morgan fingerprint density at radius 1 is 1.04 bits per heavy atom. The van der Waals surface area contributed by atoms with E-state index in [1.807, 2.05) is 36.7 Å². The SMILES string of the molecule is N#CC1(c2ccccn2)CCN(Cc2cccc3nccn23)CC1. The number of aromatic nitrogens is 3. The number of nitriles is 1. The van der Waals surface area contributed by atoms with Crippen LogP contribution < -0.4 is 0 Å². The highest BCUT2D eigenvalue weighted by Crippen LogP contribution is 2.34. The maximum absolute atomic E-state index is 9.76. The largest absolute Gasteiger partial charge is 0.303 e. The molecule has 3 aromatic heterocycles. The molecular weight excluding hydrogens is 298 g/mol. The Bertz CT molecular complexity index is 869. The number of likely N-dealkylation sites (tertiary alicyclic amines) is 1. The van der Waals surface area contributed by atoms with Gasteiger partial charge in [0, 0.05) is 43.9 Å². The van der Waals surface area contributed by atoms with Crippen LogP contribution in [0, 0.1) is 11.3 Å². The predicted octanol–water partition coefficient (Wildman–Crippen LogP) is 2.79. The van der Waals surface area contributed by atoms with E-state index >= 15 is 0 Å². The first kappa shape index (κ1) is 14.9. The van der Waals surface area contributed by atoms with Crippen LogP contribution in [0.5, 0.6) is 0 Å².